The van der Waals surface area contributed by atoms with E-state index in [1.54, 1.807) is 0 Å². The van der Waals surface area contributed by atoms with Gasteiger partial charge in [0.25, 0.3) is 8.32 Å². The largest absolute Gasteiger partial charge is 0.462 e. The summed E-state index contributed by atoms with van der Waals surface area (Å²) in [4.78, 5) is 23.6. The molecule has 4 atom stereocenters. The van der Waals surface area contributed by atoms with Gasteiger partial charge >= 0.3 is 11.9 Å². The van der Waals surface area contributed by atoms with Crippen LogP contribution in [0.15, 0.2) is 72.8 Å². The van der Waals surface area contributed by atoms with Gasteiger partial charge in [0.2, 0.25) is 0 Å². The van der Waals surface area contributed by atoms with Crippen molar-refractivity contribution in [3.05, 3.63) is 72.8 Å². The number of esters is 2. The normalized spacial score (nSPS) is 24.4. The second-order valence-electron chi connectivity index (χ2n) is 10.9. The molecule has 2 heterocycles. The molecule has 0 unspecified atom stereocenters. The van der Waals surface area contributed by atoms with E-state index in [-0.39, 0.29) is 41.4 Å². The van der Waals surface area contributed by atoms with Gasteiger partial charge in [-0.1, -0.05) is 87.5 Å². The van der Waals surface area contributed by atoms with Gasteiger partial charge in [0, 0.05) is 38.9 Å². The molecule has 37 heavy (non-hydrogen) atoms. The summed E-state index contributed by atoms with van der Waals surface area (Å²) in [5, 5.41) is 2.35. The molecule has 1 saturated heterocycles. The second-order valence-corrected chi connectivity index (χ2v) is 15.2. The van der Waals surface area contributed by atoms with Crippen LogP contribution in [-0.4, -0.2) is 51.3 Å². The summed E-state index contributed by atoms with van der Waals surface area (Å²) in [6.07, 6.45) is 4.44. The quantitative estimate of drug-likeness (QED) is 0.380. The number of rotatable bonds is 8. The van der Waals surface area contributed by atoms with Crippen LogP contribution < -0.4 is 10.4 Å². The van der Waals surface area contributed by atoms with Gasteiger partial charge in [-0.05, 0) is 21.8 Å². The van der Waals surface area contributed by atoms with Crippen molar-refractivity contribution in [1.82, 2.24) is 0 Å². The zero-order valence-electron chi connectivity index (χ0n) is 22.2. The zero-order chi connectivity index (χ0) is 26.5. The van der Waals surface area contributed by atoms with Crippen LogP contribution in [0.25, 0.3) is 0 Å². The summed E-state index contributed by atoms with van der Waals surface area (Å²) in [7, 11) is -2.65. The molecule has 0 radical (unpaired) electrons. The van der Waals surface area contributed by atoms with Crippen LogP contribution in [0.5, 0.6) is 0 Å². The Kier molecular flexibility index (Phi) is 8.67. The Bertz CT molecular complexity index is 1040. The Morgan fingerprint density at radius 3 is 2.14 bits per heavy atom. The van der Waals surface area contributed by atoms with Crippen molar-refractivity contribution in [1.29, 1.82) is 0 Å². The first-order valence-electron chi connectivity index (χ1n) is 13.1. The maximum atomic E-state index is 11.8. The lowest BCUT2D eigenvalue weighted by molar-refractivity contribution is -0.182. The van der Waals surface area contributed by atoms with Crippen molar-refractivity contribution >= 4 is 30.6 Å². The molecule has 6 nitrogen and oxygen atoms in total. The Hall–Kier alpha value is -2.74. The van der Waals surface area contributed by atoms with E-state index in [9.17, 15) is 9.59 Å². The predicted molar refractivity (Wildman–Crippen MR) is 145 cm³/mol. The number of hydrogen-bond acceptors (Lipinski definition) is 6. The Morgan fingerprint density at radius 1 is 0.973 bits per heavy atom. The zero-order valence-corrected chi connectivity index (χ0v) is 23.2. The van der Waals surface area contributed by atoms with E-state index in [0.717, 1.165) is 0 Å². The first kappa shape index (κ1) is 27.3. The van der Waals surface area contributed by atoms with Gasteiger partial charge in [0.15, 0.2) is 0 Å². The smallest absolute Gasteiger partial charge is 0.330 e. The minimum Gasteiger partial charge on any atom is -0.462 e. The van der Waals surface area contributed by atoms with Crippen LogP contribution in [0, 0.1) is 0 Å². The van der Waals surface area contributed by atoms with Gasteiger partial charge in [-0.25, -0.2) is 4.79 Å². The highest BCUT2D eigenvalue weighted by Crippen LogP contribution is 2.37. The van der Waals surface area contributed by atoms with E-state index in [1.807, 2.05) is 18.2 Å². The maximum absolute atomic E-state index is 11.8. The van der Waals surface area contributed by atoms with E-state index in [1.165, 1.54) is 23.4 Å². The van der Waals surface area contributed by atoms with Gasteiger partial charge in [-0.3, -0.25) is 4.79 Å². The molecule has 0 aromatic heterocycles. The SMILES string of the molecule is CC(=O)O[C@@H]1C[C@H](CCO[Si](c2ccccc2)(c2ccccc2)C(C)(C)C)O[C@@H]([C@@H]2CC=CC(=O)O2)C1. The lowest BCUT2D eigenvalue weighted by atomic mass is 9.94. The topological polar surface area (TPSA) is 71.1 Å². The second kappa shape index (κ2) is 11.8. The number of hydrogen-bond donors (Lipinski definition) is 0. The molecule has 0 spiro atoms. The van der Waals surface area contributed by atoms with Gasteiger partial charge in [-0.2, -0.15) is 0 Å². The third kappa shape index (κ3) is 6.40. The molecule has 2 aromatic carbocycles. The third-order valence-corrected chi connectivity index (χ3v) is 12.2. The highest BCUT2D eigenvalue weighted by molar-refractivity contribution is 6.99. The van der Waals surface area contributed by atoms with Gasteiger partial charge in [0.05, 0.1) is 12.2 Å². The summed E-state index contributed by atoms with van der Waals surface area (Å²) in [6, 6.07) is 21.1. The van der Waals surface area contributed by atoms with E-state index in [0.29, 0.717) is 32.3 Å². The predicted octanol–water partition coefficient (Wildman–Crippen LogP) is 4.30. The number of carbonyl (C=O) groups is 2. The van der Waals surface area contributed by atoms with E-state index in [4.69, 9.17) is 18.6 Å². The molecular weight excluding hydrogens is 484 g/mol. The molecule has 0 bridgehead atoms. The van der Waals surface area contributed by atoms with Crippen molar-refractivity contribution in [2.45, 2.75) is 82.8 Å². The fourth-order valence-electron chi connectivity index (χ4n) is 5.63. The molecule has 0 aliphatic carbocycles. The molecule has 2 aliphatic rings. The highest BCUT2D eigenvalue weighted by atomic mass is 28.4. The average molecular weight is 523 g/mol. The Balaban J connectivity index is 1.54. The summed E-state index contributed by atoms with van der Waals surface area (Å²) >= 11 is 0. The molecular formula is C30H38O6Si. The van der Waals surface area contributed by atoms with E-state index >= 15 is 0 Å². The summed E-state index contributed by atoms with van der Waals surface area (Å²) in [6.45, 7) is 8.70. The van der Waals surface area contributed by atoms with Crippen LogP contribution >= 0.6 is 0 Å². The molecule has 198 valence electrons. The van der Waals surface area contributed by atoms with Crippen molar-refractivity contribution in [3.63, 3.8) is 0 Å². The monoisotopic (exact) mass is 522 g/mol. The van der Waals surface area contributed by atoms with Crippen LogP contribution in [0.1, 0.15) is 53.4 Å². The summed E-state index contributed by atoms with van der Waals surface area (Å²) in [5.41, 5.74) is 0. The van der Waals surface area contributed by atoms with Crippen molar-refractivity contribution in [2.24, 2.45) is 0 Å². The van der Waals surface area contributed by atoms with Gasteiger partial charge < -0.3 is 18.6 Å². The van der Waals surface area contributed by atoms with Crippen LogP contribution in [0.3, 0.4) is 0 Å². The third-order valence-electron chi connectivity index (χ3n) is 7.20. The summed E-state index contributed by atoms with van der Waals surface area (Å²) < 4.78 is 24.6. The molecule has 7 heteroatoms. The number of cyclic esters (lactones) is 1. The van der Waals surface area contributed by atoms with Crippen LogP contribution in [-0.2, 0) is 28.2 Å². The Labute approximate surface area is 221 Å². The van der Waals surface area contributed by atoms with Crippen molar-refractivity contribution < 1.29 is 28.2 Å². The first-order chi connectivity index (χ1) is 17.7. The number of benzene rings is 2. The Morgan fingerprint density at radius 2 is 1.59 bits per heavy atom. The number of carbonyl (C=O) groups excluding carboxylic acids is 2. The molecule has 0 amide bonds. The van der Waals surface area contributed by atoms with E-state index < -0.39 is 8.32 Å². The molecule has 0 N–H and O–H groups in total. The maximum Gasteiger partial charge on any atom is 0.330 e. The summed E-state index contributed by atoms with van der Waals surface area (Å²) in [5.74, 6) is -0.672. The van der Waals surface area contributed by atoms with Gasteiger partial charge in [-0.15, -0.1) is 0 Å². The molecule has 0 saturated carbocycles. The van der Waals surface area contributed by atoms with E-state index in [2.05, 4.69) is 69.3 Å². The first-order valence-corrected chi connectivity index (χ1v) is 15.0. The lowest BCUT2D eigenvalue weighted by Gasteiger charge is -2.44. The van der Waals surface area contributed by atoms with Crippen LogP contribution in [0.4, 0.5) is 0 Å². The highest BCUT2D eigenvalue weighted by Gasteiger charge is 2.50. The molecule has 4 rings (SSSR count). The van der Waals surface area contributed by atoms with Gasteiger partial charge in [0.1, 0.15) is 12.2 Å². The van der Waals surface area contributed by atoms with Crippen LogP contribution in [0.2, 0.25) is 5.04 Å². The molecule has 2 aromatic rings. The lowest BCUT2D eigenvalue weighted by Crippen LogP contribution is -2.66. The average Bonchev–Trinajstić information content (AvgIpc) is 2.86. The standard InChI is InChI=1S/C30H38O6Si/c1-22(31)34-24-20-23(35-28(21-24)27-16-11-17-29(32)36-27)18-19-33-37(30(2,3)4,25-12-7-5-8-13-25)26-14-9-6-10-15-26/h5-15,17,23-24,27-28H,16,18-21H2,1-4H3/t23-,24+,27-,28+/m0/s1. The van der Waals surface area contributed by atoms with Crippen molar-refractivity contribution in [3.8, 4) is 0 Å². The molecule has 2 aliphatic heterocycles. The van der Waals surface area contributed by atoms with Crippen molar-refractivity contribution in [2.75, 3.05) is 6.61 Å². The minimum atomic E-state index is -2.65. The number of ether oxygens (including phenoxy) is 3. The fourth-order valence-corrected chi connectivity index (χ4v) is 10.2. The fraction of sp³-hybridized carbons (Fsp3) is 0.467. The minimum absolute atomic E-state index is 0.116. The molecule has 1 fully saturated rings.